The van der Waals surface area contributed by atoms with Crippen molar-refractivity contribution < 1.29 is 13.9 Å². The van der Waals surface area contributed by atoms with Gasteiger partial charge in [-0.3, -0.25) is 14.7 Å². The van der Waals surface area contributed by atoms with Crippen molar-refractivity contribution >= 4 is 5.91 Å². The number of carbonyl (C=O) groups excluding carboxylic acids is 1. The van der Waals surface area contributed by atoms with Gasteiger partial charge in [-0.15, -0.1) is 0 Å². The van der Waals surface area contributed by atoms with Crippen LogP contribution in [0.25, 0.3) is 11.1 Å². The molecule has 2 aromatic carbocycles. The van der Waals surface area contributed by atoms with Gasteiger partial charge in [-0.1, -0.05) is 24.3 Å². The molecule has 0 aliphatic carbocycles. The molecule has 1 aliphatic rings. The topological polar surface area (TPSA) is 57.7 Å². The molecule has 34 heavy (non-hydrogen) atoms. The largest absolute Gasteiger partial charge is 0.483 e. The predicted molar refractivity (Wildman–Crippen MR) is 131 cm³/mol. The minimum atomic E-state index is -0.254. The molecule has 4 rings (SSSR count). The van der Waals surface area contributed by atoms with Crippen LogP contribution in [0.4, 0.5) is 4.39 Å². The second kappa shape index (κ2) is 11.7. The Morgan fingerprint density at radius 3 is 2.53 bits per heavy atom. The maximum absolute atomic E-state index is 13.4. The number of nitrogens with one attached hydrogen (secondary N) is 1. The van der Waals surface area contributed by atoms with E-state index in [-0.39, 0.29) is 18.3 Å². The van der Waals surface area contributed by atoms with Gasteiger partial charge < -0.3 is 15.0 Å². The molecule has 1 aromatic heterocycles. The van der Waals surface area contributed by atoms with E-state index in [1.807, 2.05) is 30.3 Å². The zero-order chi connectivity index (χ0) is 23.8. The number of amides is 1. The molecule has 178 valence electrons. The van der Waals surface area contributed by atoms with Gasteiger partial charge in [-0.2, -0.15) is 0 Å². The summed E-state index contributed by atoms with van der Waals surface area (Å²) in [6, 6.07) is 18.2. The molecular weight excluding hydrogens is 431 g/mol. The number of nitrogens with zero attached hydrogens (tertiary/aromatic N) is 3. The van der Waals surface area contributed by atoms with Gasteiger partial charge in [0.05, 0.1) is 0 Å². The average Bonchev–Trinajstić information content (AvgIpc) is 2.86. The van der Waals surface area contributed by atoms with E-state index in [1.54, 1.807) is 18.3 Å². The Labute approximate surface area is 200 Å². The van der Waals surface area contributed by atoms with Crippen molar-refractivity contribution in [1.29, 1.82) is 0 Å². The zero-order valence-electron chi connectivity index (χ0n) is 19.5. The van der Waals surface area contributed by atoms with Gasteiger partial charge in [0.1, 0.15) is 11.6 Å². The van der Waals surface area contributed by atoms with Gasteiger partial charge in [-0.05, 0) is 54.6 Å². The van der Waals surface area contributed by atoms with Crippen molar-refractivity contribution in [3.63, 3.8) is 0 Å². The number of hydrogen-bond donors (Lipinski definition) is 1. The second-order valence-corrected chi connectivity index (χ2v) is 8.62. The number of aromatic nitrogens is 1. The maximum Gasteiger partial charge on any atom is 0.257 e. The first-order valence-corrected chi connectivity index (χ1v) is 11.7. The molecule has 1 amide bonds. The Morgan fingerprint density at radius 1 is 1.03 bits per heavy atom. The Balaban J connectivity index is 1.40. The number of halogens is 1. The number of ether oxygens (including phenoxy) is 1. The molecule has 1 saturated heterocycles. The third kappa shape index (κ3) is 6.85. The highest BCUT2D eigenvalue weighted by atomic mass is 19.1. The summed E-state index contributed by atoms with van der Waals surface area (Å²) in [5.74, 6) is 0.282. The van der Waals surface area contributed by atoms with Crippen LogP contribution in [0.3, 0.4) is 0 Å². The summed E-state index contributed by atoms with van der Waals surface area (Å²) in [6.45, 7) is 5.19. The Morgan fingerprint density at radius 2 is 1.79 bits per heavy atom. The standard InChI is InChI=1S/C27H31FN4O2/c1-31-14-16-32(17-15-31)19-23-18-22(21-5-8-24(28)9-6-21)7-10-26(23)34-20-27(33)30-13-11-25-4-2-3-12-29-25/h2-10,12,18H,11,13-17,19-20H2,1H3,(H,30,33). The Bertz CT molecular complexity index is 1070. The first-order valence-electron chi connectivity index (χ1n) is 11.7. The molecular formula is C27H31FN4O2. The summed E-state index contributed by atoms with van der Waals surface area (Å²) >= 11 is 0. The first kappa shape index (κ1) is 23.9. The van der Waals surface area contributed by atoms with E-state index < -0.39 is 0 Å². The van der Waals surface area contributed by atoms with E-state index in [1.165, 1.54) is 12.1 Å². The zero-order valence-corrected chi connectivity index (χ0v) is 19.5. The normalized spacial score (nSPS) is 14.6. The van der Waals surface area contributed by atoms with E-state index in [2.05, 4.69) is 33.2 Å². The van der Waals surface area contributed by atoms with Crippen molar-refractivity contribution in [3.05, 3.63) is 83.9 Å². The number of piperazine rings is 1. The van der Waals surface area contributed by atoms with Gasteiger partial charge in [-0.25, -0.2) is 4.39 Å². The summed E-state index contributed by atoms with van der Waals surface area (Å²) in [6.07, 6.45) is 2.42. The highest BCUT2D eigenvalue weighted by Gasteiger charge is 2.17. The van der Waals surface area contributed by atoms with Crippen molar-refractivity contribution in [2.45, 2.75) is 13.0 Å². The minimum Gasteiger partial charge on any atom is -0.483 e. The lowest BCUT2D eigenvalue weighted by atomic mass is 10.0. The molecule has 1 fully saturated rings. The number of benzene rings is 2. The molecule has 6 nitrogen and oxygen atoms in total. The van der Waals surface area contributed by atoms with Crippen LogP contribution in [-0.4, -0.2) is 67.1 Å². The quantitative estimate of drug-likeness (QED) is 0.529. The summed E-state index contributed by atoms with van der Waals surface area (Å²) in [7, 11) is 2.13. The third-order valence-corrected chi connectivity index (χ3v) is 6.02. The first-order chi connectivity index (χ1) is 16.6. The van der Waals surface area contributed by atoms with Crippen LogP contribution in [0.15, 0.2) is 66.9 Å². The number of carbonyl (C=O) groups is 1. The van der Waals surface area contributed by atoms with Crippen molar-refractivity contribution in [2.75, 3.05) is 46.4 Å². The molecule has 0 bridgehead atoms. The van der Waals surface area contributed by atoms with Gasteiger partial charge >= 0.3 is 0 Å². The lowest BCUT2D eigenvalue weighted by molar-refractivity contribution is -0.123. The Kier molecular flexibility index (Phi) is 8.22. The van der Waals surface area contributed by atoms with Gasteiger partial charge in [0.15, 0.2) is 6.61 Å². The minimum absolute atomic E-state index is 0.0478. The van der Waals surface area contributed by atoms with Crippen LogP contribution in [0.1, 0.15) is 11.3 Å². The SMILES string of the molecule is CN1CCN(Cc2cc(-c3ccc(F)cc3)ccc2OCC(=O)NCCc2ccccn2)CC1. The van der Waals surface area contributed by atoms with Crippen LogP contribution in [0.5, 0.6) is 5.75 Å². The highest BCUT2D eigenvalue weighted by Crippen LogP contribution is 2.28. The fourth-order valence-electron chi connectivity index (χ4n) is 3.98. The van der Waals surface area contributed by atoms with E-state index in [4.69, 9.17) is 4.74 Å². The van der Waals surface area contributed by atoms with Gasteiger partial charge in [0.25, 0.3) is 5.91 Å². The smallest absolute Gasteiger partial charge is 0.257 e. The van der Waals surface area contributed by atoms with E-state index in [0.717, 1.165) is 55.1 Å². The van der Waals surface area contributed by atoms with Crippen LogP contribution >= 0.6 is 0 Å². The molecule has 1 N–H and O–H groups in total. The second-order valence-electron chi connectivity index (χ2n) is 8.62. The third-order valence-electron chi connectivity index (χ3n) is 6.02. The molecule has 0 unspecified atom stereocenters. The van der Waals surface area contributed by atoms with E-state index in [0.29, 0.717) is 18.7 Å². The predicted octanol–water partition coefficient (Wildman–Crippen LogP) is 3.37. The van der Waals surface area contributed by atoms with Crippen LogP contribution in [0.2, 0.25) is 0 Å². The summed E-state index contributed by atoms with van der Waals surface area (Å²) < 4.78 is 19.3. The lowest BCUT2D eigenvalue weighted by Gasteiger charge is -2.32. The molecule has 0 spiro atoms. The molecule has 0 radical (unpaired) electrons. The van der Waals surface area contributed by atoms with Gasteiger partial charge in [0.2, 0.25) is 0 Å². The van der Waals surface area contributed by atoms with E-state index in [9.17, 15) is 9.18 Å². The fraction of sp³-hybridized carbons (Fsp3) is 0.333. The Hall–Kier alpha value is -3.29. The van der Waals surface area contributed by atoms with Crippen LogP contribution in [-0.2, 0) is 17.8 Å². The fourth-order valence-corrected chi connectivity index (χ4v) is 3.98. The summed E-state index contributed by atoms with van der Waals surface area (Å²) in [5.41, 5.74) is 3.90. The van der Waals surface area contributed by atoms with Gasteiger partial charge in [0, 0.05) is 63.1 Å². The molecule has 1 aliphatic heterocycles. The lowest BCUT2D eigenvalue weighted by Crippen LogP contribution is -2.43. The van der Waals surface area contributed by atoms with Crippen LogP contribution < -0.4 is 10.1 Å². The average molecular weight is 463 g/mol. The maximum atomic E-state index is 13.4. The molecule has 2 heterocycles. The molecule has 3 aromatic rings. The van der Waals surface area contributed by atoms with Crippen molar-refractivity contribution in [1.82, 2.24) is 20.1 Å². The number of pyridine rings is 1. The monoisotopic (exact) mass is 462 g/mol. The number of rotatable bonds is 9. The van der Waals surface area contributed by atoms with E-state index >= 15 is 0 Å². The molecule has 0 atom stereocenters. The number of likely N-dealkylation sites (N-methyl/N-ethyl adjacent to an activating group) is 1. The highest BCUT2D eigenvalue weighted by molar-refractivity contribution is 5.77. The molecule has 7 heteroatoms. The summed E-state index contributed by atoms with van der Waals surface area (Å²) in [4.78, 5) is 21.3. The number of hydrogen-bond acceptors (Lipinski definition) is 5. The van der Waals surface area contributed by atoms with Crippen LogP contribution in [0, 0.1) is 5.82 Å². The van der Waals surface area contributed by atoms with Crippen molar-refractivity contribution in [3.8, 4) is 16.9 Å². The summed E-state index contributed by atoms with van der Waals surface area (Å²) in [5, 5.41) is 2.89. The van der Waals surface area contributed by atoms with Crippen molar-refractivity contribution in [2.24, 2.45) is 0 Å². The molecule has 0 saturated carbocycles.